The first-order valence-electron chi connectivity index (χ1n) is 8.83. The van der Waals surface area contributed by atoms with Crippen molar-refractivity contribution in [3.63, 3.8) is 0 Å². The Morgan fingerprint density at radius 3 is 2.22 bits per heavy atom. The lowest BCUT2D eigenvalue weighted by Gasteiger charge is -2.34. The van der Waals surface area contributed by atoms with Gasteiger partial charge in [0.15, 0.2) is 5.75 Å². The fourth-order valence-electron chi connectivity index (χ4n) is 2.90. The molecule has 1 aliphatic rings. The molecule has 142 valence electrons. The quantitative estimate of drug-likeness (QED) is 0.855. The summed E-state index contributed by atoms with van der Waals surface area (Å²) in [5, 5.41) is 3.66. The predicted octanol–water partition coefficient (Wildman–Crippen LogP) is 3.23. The Bertz CT molecular complexity index is 820. The van der Waals surface area contributed by atoms with Gasteiger partial charge < -0.3 is 19.9 Å². The summed E-state index contributed by atoms with van der Waals surface area (Å²) in [5.41, 5.74) is 0.716. The van der Waals surface area contributed by atoms with Gasteiger partial charge in [0.25, 0.3) is 0 Å². The Kier molecular flexibility index (Phi) is 6.19. The maximum absolute atomic E-state index is 12.5. The van der Waals surface area contributed by atoms with Crippen LogP contribution >= 0.6 is 11.6 Å². The molecular formula is C20H22ClN3O3. The van der Waals surface area contributed by atoms with Crippen LogP contribution in [0.5, 0.6) is 11.5 Å². The minimum Gasteiger partial charge on any atom is -0.454 e. The maximum atomic E-state index is 12.5. The lowest BCUT2D eigenvalue weighted by molar-refractivity contribution is -0.137. The molecular weight excluding hydrogens is 366 g/mol. The van der Waals surface area contributed by atoms with E-state index in [1.54, 1.807) is 28.9 Å². The first-order valence-corrected chi connectivity index (χ1v) is 9.21. The Hall–Kier alpha value is -2.73. The van der Waals surface area contributed by atoms with E-state index in [0.29, 0.717) is 48.4 Å². The van der Waals surface area contributed by atoms with Crippen molar-refractivity contribution in [2.75, 3.05) is 38.0 Å². The number of halogens is 1. The van der Waals surface area contributed by atoms with E-state index >= 15 is 0 Å². The van der Waals surface area contributed by atoms with E-state index in [1.165, 1.54) is 0 Å². The number of anilines is 1. The topological polar surface area (TPSA) is 61.9 Å². The van der Waals surface area contributed by atoms with Gasteiger partial charge in [0.05, 0.1) is 17.3 Å². The number of piperazine rings is 1. The van der Waals surface area contributed by atoms with Crippen LogP contribution in [-0.4, -0.2) is 54.3 Å². The van der Waals surface area contributed by atoms with Crippen LogP contribution in [0.15, 0.2) is 48.5 Å². The van der Waals surface area contributed by atoms with Gasteiger partial charge in [-0.15, -0.1) is 0 Å². The lowest BCUT2D eigenvalue weighted by atomic mass is 10.2. The molecule has 1 heterocycles. The van der Waals surface area contributed by atoms with E-state index < -0.39 is 0 Å². The van der Waals surface area contributed by atoms with Gasteiger partial charge in [0.1, 0.15) is 5.75 Å². The van der Waals surface area contributed by atoms with Gasteiger partial charge in [-0.1, -0.05) is 35.9 Å². The average Bonchev–Trinajstić information content (AvgIpc) is 2.69. The second-order valence-corrected chi connectivity index (χ2v) is 6.68. The fraction of sp³-hybridized carbons (Fsp3) is 0.300. The number of hydrogen-bond acceptors (Lipinski definition) is 4. The SMILES string of the molecule is CC(=O)N1CCN(C(=O)CNc2ccccc2Oc2ccccc2Cl)CC1. The molecule has 0 aromatic heterocycles. The highest BCUT2D eigenvalue weighted by atomic mass is 35.5. The summed E-state index contributed by atoms with van der Waals surface area (Å²) in [6.07, 6.45) is 0. The molecule has 27 heavy (non-hydrogen) atoms. The molecule has 2 amide bonds. The summed E-state index contributed by atoms with van der Waals surface area (Å²) < 4.78 is 5.89. The molecule has 1 fully saturated rings. The van der Waals surface area contributed by atoms with Crippen molar-refractivity contribution in [2.24, 2.45) is 0 Å². The second kappa shape index (κ2) is 8.77. The number of para-hydroxylation sites is 3. The number of nitrogens with zero attached hydrogens (tertiary/aromatic N) is 2. The number of amides is 2. The Labute approximate surface area is 163 Å². The molecule has 6 nitrogen and oxygen atoms in total. The molecule has 2 aromatic rings. The van der Waals surface area contributed by atoms with Crippen LogP contribution < -0.4 is 10.1 Å². The van der Waals surface area contributed by atoms with Crippen LogP contribution in [0.1, 0.15) is 6.92 Å². The monoisotopic (exact) mass is 387 g/mol. The zero-order valence-corrected chi connectivity index (χ0v) is 15.9. The maximum Gasteiger partial charge on any atom is 0.241 e. The molecule has 0 radical (unpaired) electrons. The number of rotatable bonds is 5. The highest BCUT2D eigenvalue weighted by Gasteiger charge is 2.22. The molecule has 0 spiro atoms. The van der Waals surface area contributed by atoms with Gasteiger partial charge in [0.2, 0.25) is 11.8 Å². The molecule has 0 saturated carbocycles. The van der Waals surface area contributed by atoms with Crippen LogP contribution in [0.25, 0.3) is 0 Å². The molecule has 1 saturated heterocycles. The molecule has 1 N–H and O–H groups in total. The van der Waals surface area contributed by atoms with Crippen molar-refractivity contribution in [3.05, 3.63) is 53.6 Å². The Balaban J connectivity index is 1.59. The fourth-order valence-corrected chi connectivity index (χ4v) is 3.08. The Morgan fingerprint density at radius 1 is 0.963 bits per heavy atom. The van der Waals surface area contributed by atoms with Gasteiger partial charge in [-0.2, -0.15) is 0 Å². The summed E-state index contributed by atoms with van der Waals surface area (Å²) in [7, 11) is 0. The zero-order chi connectivity index (χ0) is 19.2. The minimum absolute atomic E-state index is 0.00857. The van der Waals surface area contributed by atoms with E-state index in [0.717, 1.165) is 0 Å². The standard InChI is InChI=1S/C20H22ClN3O3/c1-15(25)23-10-12-24(13-11-23)20(26)14-22-17-7-3-5-9-19(17)27-18-8-4-2-6-16(18)21/h2-9,22H,10-14H2,1H3. The minimum atomic E-state index is -0.00857. The largest absolute Gasteiger partial charge is 0.454 e. The molecule has 3 rings (SSSR count). The van der Waals surface area contributed by atoms with E-state index in [-0.39, 0.29) is 18.4 Å². The third-order valence-corrected chi connectivity index (χ3v) is 4.76. The molecule has 7 heteroatoms. The summed E-state index contributed by atoms with van der Waals surface area (Å²) in [6.45, 7) is 3.97. The van der Waals surface area contributed by atoms with Crippen molar-refractivity contribution in [1.82, 2.24) is 9.80 Å². The van der Waals surface area contributed by atoms with Crippen LogP contribution in [0.3, 0.4) is 0 Å². The van der Waals surface area contributed by atoms with Crippen molar-refractivity contribution < 1.29 is 14.3 Å². The van der Waals surface area contributed by atoms with Gasteiger partial charge in [-0.25, -0.2) is 0 Å². The predicted molar refractivity (Wildman–Crippen MR) is 105 cm³/mol. The lowest BCUT2D eigenvalue weighted by Crippen LogP contribution is -2.51. The molecule has 2 aromatic carbocycles. The van der Waals surface area contributed by atoms with E-state index in [1.807, 2.05) is 36.4 Å². The van der Waals surface area contributed by atoms with E-state index in [2.05, 4.69) is 5.32 Å². The van der Waals surface area contributed by atoms with Crippen molar-refractivity contribution >= 4 is 29.1 Å². The summed E-state index contributed by atoms with van der Waals surface area (Å²) >= 11 is 6.16. The zero-order valence-electron chi connectivity index (χ0n) is 15.2. The number of ether oxygens (including phenoxy) is 1. The number of nitrogens with one attached hydrogen (secondary N) is 1. The third-order valence-electron chi connectivity index (χ3n) is 4.45. The van der Waals surface area contributed by atoms with Crippen molar-refractivity contribution in [2.45, 2.75) is 6.92 Å². The molecule has 0 bridgehead atoms. The van der Waals surface area contributed by atoms with Crippen LogP contribution in [0.2, 0.25) is 5.02 Å². The van der Waals surface area contributed by atoms with Gasteiger partial charge in [-0.3, -0.25) is 9.59 Å². The Morgan fingerprint density at radius 2 is 1.56 bits per heavy atom. The number of carbonyl (C=O) groups is 2. The van der Waals surface area contributed by atoms with Gasteiger partial charge in [-0.05, 0) is 24.3 Å². The van der Waals surface area contributed by atoms with Crippen LogP contribution in [0, 0.1) is 0 Å². The molecule has 1 aliphatic heterocycles. The highest BCUT2D eigenvalue weighted by Crippen LogP contribution is 2.33. The van der Waals surface area contributed by atoms with Crippen molar-refractivity contribution in [1.29, 1.82) is 0 Å². The summed E-state index contributed by atoms with van der Waals surface area (Å²) in [5.74, 6) is 1.19. The molecule has 0 unspecified atom stereocenters. The summed E-state index contributed by atoms with van der Waals surface area (Å²) in [4.78, 5) is 27.4. The first-order chi connectivity index (χ1) is 13.0. The smallest absolute Gasteiger partial charge is 0.241 e. The normalized spacial score (nSPS) is 14.0. The summed E-state index contributed by atoms with van der Waals surface area (Å²) in [6, 6.07) is 14.6. The van der Waals surface area contributed by atoms with Gasteiger partial charge in [0, 0.05) is 33.1 Å². The van der Waals surface area contributed by atoms with Crippen molar-refractivity contribution in [3.8, 4) is 11.5 Å². The average molecular weight is 388 g/mol. The highest BCUT2D eigenvalue weighted by molar-refractivity contribution is 6.32. The number of carbonyl (C=O) groups excluding carboxylic acids is 2. The third kappa shape index (κ3) is 4.92. The van der Waals surface area contributed by atoms with E-state index in [9.17, 15) is 9.59 Å². The van der Waals surface area contributed by atoms with E-state index in [4.69, 9.17) is 16.3 Å². The van der Waals surface area contributed by atoms with Crippen LogP contribution in [-0.2, 0) is 9.59 Å². The molecule has 0 aliphatic carbocycles. The number of hydrogen-bond donors (Lipinski definition) is 1. The second-order valence-electron chi connectivity index (χ2n) is 6.27. The van der Waals surface area contributed by atoms with Crippen LogP contribution in [0.4, 0.5) is 5.69 Å². The molecule has 0 atom stereocenters. The van der Waals surface area contributed by atoms with Gasteiger partial charge >= 0.3 is 0 Å². The first kappa shape index (κ1) is 19.0. The number of benzene rings is 2.